The summed E-state index contributed by atoms with van der Waals surface area (Å²) in [6.07, 6.45) is 2.63. The summed E-state index contributed by atoms with van der Waals surface area (Å²) in [5, 5.41) is 3.63. The lowest BCUT2D eigenvalue weighted by Crippen LogP contribution is -2.40. The molecule has 4 heteroatoms. The van der Waals surface area contributed by atoms with E-state index in [0.717, 1.165) is 30.0 Å². The third-order valence-electron chi connectivity index (χ3n) is 4.59. The zero-order valence-corrected chi connectivity index (χ0v) is 12.8. The summed E-state index contributed by atoms with van der Waals surface area (Å²) in [5.74, 6) is 0.606. The van der Waals surface area contributed by atoms with Crippen molar-refractivity contribution in [2.75, 3.05) is 19.6 Å². The molecule has 2 heterocycles. The van der Waals surface area contributed by atoms with Gasteiger partial charge in [0.15, 0.2) is 0 Å². The molecule has 3 atom stereocenters. The van der Waals surface area contributed by atoms with Crippen molar-refractivity contribution in [2.45, 2.75) is 31.8 Å². The van der Waals surface area contributed by atoms with E-state index in [1.54, 1.807) is 12.1 Å². The summed E-state index contributed by atoms with van der Waals surface area (Å²) in [6, 6.07) is 6.00. The smallest absolute Gasteiger partial charge is 0.124 e. The van der Waals surface area contributed by atoms with Crippen molar-refractivity contribution in [3.05, 3.63) is 34.1 Å². The highest BCUT2D eigenvalue weighted by molar-refractivity contribution is 9.10. The summed E-state index contributed by atoms with van der Waals surface area (Å²) >= 11 is 3.49. The first-order valence-electron chi connectivity index (χ1n) is 7.07. The number of halogens is 2. The zero-order chi connectivity index (χ0) is 13.4. The van der Waals surface area contributed by atoms with E-state index in [0.29, 0.717) is 12.1 Å². The lowest BCUT2D eigenvalue weighted by atomic mass is 9.94. The minimum absolute atomic E-state index is 0.181. The number of hydrogen-bond donors (Lipinski definition) is 1. The number of fused-ring (bicyclic) bond motifs is 1. The monoisotopic (exact) mass is 326 g/mol. The van der Waals surface area contributed by atoms with E-state index in [2.05, 4.69) is 33.1 Å². The molecule has 2 aliphatic rings. The molecule has 3 rings (SSSR count). The molecule has 19 heavy (non-hydrogen) atoms. The molecule has 2 saturated heterocycles. The Morgan fingerprint density at radius 3 is 3.00 bits per heavy atom. The summed E-state index contributed by atoms with van der Waals surface area (Å²) in [5.41, 5.74) is 1.18. The van der Waals surface area contributed by atoms with Gasteiger partial charge in [-0.1, -0.05) is 22.0 Å². The molecular formula is C15H20BrFN2. The number of piperidine rings is 1. The van der Waals surface area contributed by atoms with Crippen LogP contribution in [0.4, 0.5) is 4.39 Å². The molecule has 0 spiro atoms. The van der Waals surface area contributed by atoms with Crippen LogP contribution < -0.4 is 5.32 Å². The zero-order valence-electron chi connectivity index (χ0n) is 11.2. The lowest BCUT2D eigenvalue weighted by molar-refractivity contribution is 0.250. The third kappa shape index (κ3) is 2.71. The van der Waals surface area contributed by atoms with Crippen LogP contribution in [0.15, 0.2) is 22.7 Å². The second-order valence-electron chi connectivity index (χ2n) is 5.76. The first-order chi connectivity index (χ1) is 9.15. The number of rotatable bonds is 2. The van der Waals surface area contributed by atoms with Crippen molar-refractivity contribution in [3.63, 3.8) is 0 Å². The molecular weight excluding hydrogens is 307 g/mol. The van der Waals surface area contributed by atoms with Gasteiger partial charge in [0.2, 0.25) is 0 Å². The molecule has 2 nitrogen and oxygen atoms in total. The van der Waals surface area contributed by atoms with E-state index >= 15 is 0 Å². The van der Waals surface area contributed by atoms with E-state index in [-0.39, 0.29) is 5.82 Å². The van der Waals surface area contributed by atoms with Gasteiger partial charge in [-0.05, 0) is 49.9 Å². The molecule has 0 aliphatic carbocycles. The van der Waals surface area contributed by atoms with Crippen LogP contribution in [0.3, 0.4) is 0 Å². The summed E-state index contributed by atoms with van der Waals surface area (Å²) < 4.78 is 14.1. The number of nitrogens with one attached hydrogen (secondary N) is 1. The van der Waals surface area contributed by atoms with Crippen molar-refractivity contribution >= 4 is 15.9 Å². The fraction of sp³-hybridized carbons (Fsp3) is 0.600. The van der Waals surface area contributed by atoms with Crippen LogP contribution in [-0.4, -0.2) is 30.6 Å². The van der Waals surface area contributed by atoms with Crippen molar-refractivity contribution in [3.8, 4) is 0 Å². The molecule has 2 aliphatic heterocycles. The molecule has 104 valence electrons. The standard InChI is InChI=1S/C15H20BrFN2/c1-10(13-5-4-12(17)7-14(13)16)19-8-11-3-2-6-18-15(11)9-19/h4-5,7,10-11,15,18H,2-3,6,8-9H2,1H3. The Bertz CT molecular complexity index is 451. The van der Waals surface area contributed by atoms with Gasteiger partial charge in [0.05, 0.1) is 0 Å². The fourth-order valence-corrected chi connectivity index (χ4v) is 4.12. The largest absolute Gasteiger partial charge is 0.312 e. The third-order valence-corrected chi connectivity index (χ3v) is 5.27. The Labute approximate surface area is 122 Å². The van der Waals surface area contributed by atoms with Gasteiger partial charge in [-0.2, -0.15) is 0 Å². The fourth-order valence-electron chi connectivity index (χ4n) is 3.43. The first-order valence-corrected chi connectivity index (χ1v) is 7.87. The van der Waals surface area contributed by atoms with Gasteiger partial charge in [-0.15, -0.1) is 0 Å². The van der Waals surface area contributed by atoms with Crippen LogP contribution in [0.2, 0.25) is 0 Å². The molecule has 0 amide bonds. The van der Waals surface area contributed by atoms with Crippen LogP contribution in [0, 0.1) is 11.7 Å². The first kappa shape index (κ1) is 13.5. The molecule has 1 aromatic carbocycles. The quantitative estimate of drug-likeness (QED) is 0.896. The van der Waals surface area contributed by atoms with E-state index < -0.39 is 0 Å². The summed E-state index contributed by atoms with van der Waals surface area (Å²) in [6.45, 7) is 5.64. The number of likely N-dealkylation sites (tertiary alicyclic amines) is 1. The predicted octanol–water partition coefficient (Wildman–Crippen LogP) is 3.33. The number of hydrogen-bond acceptors (Lipinski definition) is 2. The van der Waals surface area contributed by atoms with Crippen molar-refractivity contribution in [1.82, 2.24) is 10.2 Å². The maximum absolute atomic E-state index is 13.2. The normalized spacial score (nSPS) is 29.2. The molecule has 0 saturated carbocycles. The topological polar surface area (TPSA) is 15.3 Å². The van der Waals surface area contributed by atoms with Crippen LogP contribution >= 0.6 is 15.9 Å². The lowest BCUT2D eigenvalue weighted by Gasteiger charge is -2.25. The van der Waals surface area contributed by atoms with E-state index in [4.69, 9.17) is 0 Å². The van der Waals surface area contributed by atoms with Crippen molar-refractivity contribution < 1.29 is 4.39 Å². The van der Waals surface area contributed by atoms with Gasteiger partial charge < -0.3 is 5.32 Å². The Morgan fingerprint density at radius 2 is 2.26 bits per heavy atom. The number of benzene rings is 1. The highest BCUT2D eigenvalue weighted by atomic mass is 79.9. The van der Waals surface area contributed by atoms with Gasteiger partial charge in [0.1, 0.15) is 5.82 Å². The number of nitrogens with zero attached hydrogens (tertiary/aromatic N) is 1. The molecule has 0 aromatic heterocycles. The molecule has 0 radical (unpaired) electrons. The second kappa shape index (κ2) is 5.51. The van der Waals surface area contributed by atoms with E-state index in [1.165, 1.54) is 18.4 Å². The van der Waals surface area contributed by atoms with Gasteiger partial charge in [-0.3, -0.25) is 4.90 Å². The highest BCUT2D eigenvalue weighted by Crippen LogP contribution is 2.34. The van der Waals surface area contributed by atoms with E-state index in [1.807, 2.05) is 6.07 Å². The van der Waals surface area contributed by atoms with Crippen LogP contribution in [0.1, 0.15) is 31.4 Å². The van der Waals surface area contributed by atoms with Crippen molar-refractivity contribution in [2.24, 2.45) is 5.92 Å². The molecule has 1 N–H and O–H groups in total. The average Bonchev–Trinajstić information content (AvgIpc) is 2.81. The van der Waals surface area contributed by atoms with Gasteiger partial charge >= 0.3 is 0 Å². The van der Waals surface area contributed by atoms with Crippen molar-refractivity contribution in [1.29, 1.82) is 0 Å². The predicted molar refractivity (Wildman–Crippen MR) is 78.6 cm³/mol. The minimum Gasteiger partial charge on any atom is -0.312 e. The Hall–Kier alpha value is -0.450. The molecule has 0 bridgehead atoms. The van der Waals surface area contributed by atoms with Gasteiger partial charge in [0.25, 0.3) is 0 Å². The Morgan fingerprint density at radius 1 is 1.42 bits per heavy atom. The Kier molecular flexibility index (Phi) is 3.92. The Balaban J connectivity index is 1.75. The van der Waals surface area contributed by atoms with Crippen LogP contribution in [0.25, 0.3) is 0 Å². The molecule has 3 unspecified atom stereocenters. The minimum atomic E-state index is -0.181. The maximum atomic E-state index is 13.2. The maximum Gasteiger partial charge on any atom is 0.124 e. The summed E-state index contributed by atoms with van der Waals surface area (Å²) in [7, 11) is 0. The van der Waals surface area contributed by atoms with Gasteiger partial charge in [0, 0.05) is 29.6 Å². The molecule has 1 aromatic rings. The second-order valence-corrected chi connectivity index (χ2v) is 6.61. The molecule has 2 fully saturated rings. The SMILES string of the molecule is CC(c1ccc(F)cc1Br)N1CC2CCCNC2C1. The van der Waals surface area contributed by atoms with E-state index in [9.17, 15) is 4.39 Å². The average molecular weight is 327 g/mol. The van der Waals surface area contributed by atoms with Crippen LogP contribution in [0.5, 0.6) is 0 Å². The highest BCUT2D eigenvalue weighted by Gasteiger charge is 2.36. The summed E-state index contributed by atoms with van der Waals surface area (Å²) in [4.78, 5) is 2.52. The van der Waals surface area contributed by atoms with Gasteiger partial charge in [-0.25, -0.2) is 4.39 Å². The van der Waals surface area contributed by atoms with Crippen LogP contribution in [-0.2, 0) is 0 Å².